The molecule has 1 aliphatic carbocycles. The van der Waals surface area contributed by atoms with Crippen LogP contribution in [0.5, 0.6) is 0 Å². The van der Waals surface area contributed by atoms with Crippen LogP contribution in [0.2, 0.25) is 0 Å². The van der Waals surface area contributed by atoms with Gasteiger partial charge in [-0.3, -0.25) is 9.69 Å². The fourth-order valence-corrected chi connectivity index (χ4v) is 4.15. The molecule has 1 saturated carbocycles. The van der Waals surface area contributed by atoms with Crippen LogP contribution in [0.25, 0.3) is 0 Å². The molecule has 3 unspecified atom stereocenters. The summed E-state index contributed by atoms with van der Waals surface area (Å²) >= 11 is 1.91. The van der Waals surface area contributed by atoms with Gasteiger partial charge in [-0.25, -0.2) is 0 Å². The third-order valence-electron chi connectivity index (χ3n) is 4.28. The number of hydrogen-bond donors (Lipinski definition) is 1. The Kier molecular flexibility index (Phi) is 3.98. The molecule has 2 heterocycles. The lowest BCUT2D eigenvalue weighted by Gasteiger charge is -2.29. The molecule has 20 heavy (non-hydrogen) atoms. The van der Waals surface area contributed by atoms with Crippen molar-refractivity contribution in [2.45, 2.75) is 31.2 Å². The molecule has 110 valence electrons. The van der Waals surface area contributed by atoms with Gasteiger partial charge in [0.1, 0.15) is 0 Å². The van der Waals surface area contributed by atoms with E-state index in [9.17, 15) is 4.79 Å². The minimum Gasteiger partial charge on any atom is -0.481 e. The molecule has 2 fully saturated rings. The van der Waals surface area contributed by atoms with Gasteiger partial charge in [-0.15, -0.1) is 0 Å². The second kappa shape index (κ2) is 5.73. The van der Waals surface area contributed by atoms with Crippen molar-refractivity contribution < 1.29 is 14.4 Å². The Morgan fingerprint density at radius 2 is 2.35 bits per heavy atom. The predicted octanol–water partition coefficient (Wildman–Crippen LogP) is 1.76. The monoisotopic (exact) mass is 297 g/mol. The first-order valence-corrected chi connectivity index (χ1v) is 8.15. The number of hydrogen-bond acceptors (Lipinski definition) is 6. The van der Waals surface area contributed by atoms with Crippen molar-refractivity contribution in [1.29, 1.82) is 0 Å². The van der Waals surface area contributed by atoms with E-state index in [4.69, 9.17) is 9.63 Å². The molecule has 6 nitrogen and oxygen atoms in total. The number of carbonyl (C=O) groups is 1. The van der Waals surface area contributed by atoms with Crippen LogP contribution in [0.15, 0.2) is 4.52 Å². The first-order chi connectivity index (χ1) is 9.65. The standard InChI is InChI=1S/C13H19N3O3S/c1-16-4-5-20-7-10(16)11-14-12(19-15-11)8-2-3-9(6-8)13(17)18/h8-10H,2-7H2,1H3,(H,17,18). The van der Waals surface area contributed by atoms with Gasteiger partial charge in [0, 0.05) is 24.0 Å². The molecule has 0 aromatic carbocycles. The van der Waals surface area contributed by atoms with E-state index in [1.54, 1.807) is 0 Å². The molecule has 3 rings (SSSR count). The average molecular weight is 297 g/mol. The fourth-order valence-electron chi connectivity index (χ4n) is 2.94. The van der Waals surface area contributed by atoms with Crippen molar-refractivity contribution >= 4 is 17.7 Å². The molecule has 1 aliphatic heterocycles. The van der Waals surface area contributed by atoms with Gasteiger partial charge in [-0.2, -0.15) is 16.7 Å². The summed E-state index contributed by atoms with van der Waals surface area (Å²) in [5.41, 5.74) is 0. The molecule has 1 aromatic rings. The molecule has 2 aliphatic rings. The van der Waals surface area contributed by atoms with Crippen molar-refractivity contribution in [3.8, 4) is 0 Å². The number of nitrogens with zero attached hydrogens (tertiary/aromatic N) is 3. The number of aliphatic carboxylic acids is 1. The maximum absolute atomic E-state index is 11.0. The summed E-state index contributed by atoms with van der Waals surface area (Å²) in [6.45, 7) is 1.03. The molecular weight excluding hydrogens is 278 g/mol. The van der Waals surface area contributed by atoms with E-state index >= 15 is 0 Å². The second-order valence-electron chi connectivity index (χ2n) is 5.61. The van der Waals surface area contributed by atoms with Crippen LogP contribution in [-0.2, 0) is 4.79 Å². The molecular formula is C13H19N3O3S. The normalized spacial score (nSPS) is 31.6. The maximum Gasteiger partial charge on any atom is 0.306 e. The van der Waals surface area contributed by atoms with Crippen molar-refractivity contribution in [3.05, 3.63) is 11.7 Å². The molecule has 1 aromatic heterocycles. The van der Waals surface area contributed by atoms with Crippen molar-refractivity contribution in [1.82, 2.24) is 15.0 Å². The summed E-state index contributed by atoms with van der Waals surface area (Å²) in [4.78, 5) is 17.8. The Balaban J connectivity index is 1.69. The third-order valence-corrected chi connectivity index (χ3v) is 5.31. The third kappa shape index (κ3) is 2.69. The van der Waals surface area contributed by atoms with Gasteiger partial charge in [-0.05, 0) is 26.3 Å². The number of rotatable bonds is 3. The van der Waals surface area contributed by atoms with E-state index in [1.165, 1.54) is 0 Å². The molecule has 0 amide bonds. The first-order valence-electron chi connectivity index (χ1n) is 6.99. The van der Waals surface area contributed by atoms with Crippen LogP contribution < -0.4 is 0 Å². The van der Waals surface area contributed by atoms with Gasteiger partial charge >= 0.3 is 5.97 Å². The SMILES string of the molecule is CN1CCSCC1c1noc(C2CCC(C(=O)O)C2)n1. The van der Waals surface area contributed by atoms with E-state index in [2.05, 4.69) is 22.1 Å². The van der Waals surface area contributed by atoms with Crippen molar-refractivity contribution in [2.24, 2.45) is 5.92 Å². The Hall–Kier alpha value is -1.08. The average Bonchev–Trinajstić information content (AvgIpc) is 3.08. The summed E-state index contributed by atoms with van der Waals surface area (Å²) < 4.78 is 5.39. The van der Waals surface area contributed by atoms with Crippen LogP contribution in [0.3, 0.4) is 0 Å². The van der Waals surface area contributed by atoms with E-state index in [0.717, 1.165) is 30.3 Å². The zero-order valence-corrected chi connectivity index (χ0v) is 12.3. The van der Waals surface area contributed by atoms with Gasteiger partial charge in [0.2, 0.25) is 5.89 Å². The van der Waals surface area contributed by atoms with Crippen LogP contribution in [-0.4, -0.2) is 51.2 Å². The molecule has 1 N–H and O–H groups in total. The highest BCUT2D eigenvalue weighted by atomic mass is 32.2. The van der Waals surface area contributed by atoms with Crippen LogP contribution in [0.1, 0.15) is 42.9 Å². The first kappa shape index (κ1) is 13.9. The minimum atomic E-state index is -0.712. The largest absolute Gasteiger partial charge is 0.481 e. The summed E-state index contributed by atoms with van der Waals surface area (Å²) in [6.07, 6.45) is 2.15. The highest BCUT2D eigenvalue weighted by molar-refractivity contribution is 7.99. The highest BCUT2D eigenvalue weighted by Crippen LogP contribution is 2.38. The molecule has 3 atom stereocenters. The van der Waals surface area contributed by atoms with Crippen LogP contribution >= 0.6 is 11.8 Å². The summed E-state index contributed by atoms with van der Waals surface area (Å²) in [7, 11) is 2.08. The lowest BCUT2D eigenvalue weighted by molar-refractivity contribution is -0.141. The predicted molar refractivity (Wildman–Crippen MR) is 74.7 cm³/mol. The number of carboxylic acids is 1. The topological polar surface area (TPSA) is 79.5 Å². The highest BCUT2D eigenvalue weighted by Gasteiger charge is 2.35. The van der Waals surface area contributed by atoms with Crippen LogP contribution in [0, 0.1) is 5.92 Å². The lowest BCUT2D eigenvalue weighted by atomic mass is 10.1. The minimum absolute atomic E-state index is 0.110. The number of aromatic nitrogens is 2. The quantitative estimate of drug-likeness (QED) is 0.910. The zero-order chi connectivity index (χ0) is 14.1. The smallest absolute Gasteiger partial charge is 0.306 e. The van der Waals surface area contributed by atoms with Crippen LogP contribution in [0.4, 0.5) is 0 Å². The van der Waals surface area contributed by atoms with Gasteiger partial charge in [0.15, 0.2) is 5.82 Å². The van der Waals surface area contributed by atoms with Gasteiger partial charge < -0.3 is 9.63 Å². The number of carboxylic acid groups (broad SMARTS) is 1. The van der Waals surface area contributed by atoms with E-state index in [0.29, 0.717) is 18.7 Å². The van der Waals surface area contributed by atoms with Gasteiger partial charge in [0.05, 0.1) is 12.0 Å². The lowest BCUT2D eigenvalue weighted by Crippen LogP contribution is -2.33. The van der Waals surface area contributed by atoms with Crippen molar-refractivity contribution in [3.63, 3.8) is 0 Å². The maximum atomic E-state index is 11.0. The molecule has 1 saturated heterocycles. The summed E-state index contributed by atoms with van der Waals surface area (Å²) in [5.74, 6) is 2.62. The van der Waals surface area contributed by atoms with Crippen molar-refractivity contribution in [2.75, 3.05) is 25.1 Å². The van der Waals surface area contributed by atoms with E-state index in [1.807, 2.05) is 11.8 Å². The van der Waals surface area contributed by atoms with E-state index < -0.39 is 5.97 Å². The molecule has 0 radical (unpaired) electrons. The molecule has 7 heteroatoms. The molecule has 0 bridgehead atoms. The Morgan fingerprint density at radius 1 is 1.50 bits per heavy atom. The van der Waals surface area contributed by atoms with Gasteiger partial charge in [-0.1, -0.05) is 5.16 Å². The number of thioether (sulfide) groups is 1. The van der Waals surface area contributed by atoms with E-state index in [-0.39, 0.29) is 17.9 Å². The summed E-state index contributed by atoms with van der Waals surface area (Å²) in [5, 5.41) is 13.2. The molecule has 0 spiro atoms. The Bertz CT molecular complexity index is 493. The second-order valence-corrected chi connectivity index (χ2v) is 6.76. The Morgan fingerprint density at radius 3 is 3.05 bits per heavy atom. The zero-order valence-electron chi connectivity index (χ0n) is 11.5. The fraction of sp³-hybridized carbons (Fsp3) is 0.769. The Labute approximate surface area is 121 Å². The summed E-state index contributed by atoms with van der Waals surface area (Å²) in [6, 6.07) is 0.211. The van der Waals surface area contributed by atoms with Gasteiger partial charge in [0.25, 0.3) is 0 Å².